The minimum Gasteiger partial charge on any atom is -0.450 e. The molecule has 2 saturated carbocycles. The number of hydrogen-bond acceptors (Lipinski definition) is 3. The first-order chi connectivity index (χ1) is 17.3. The number of alkyl carbamates (subject to hydrolysis) is 1. The molecule has 3 N–H and O–H groups in total. The van der Waals surface area contributed by atoms with E-state index in [4.69, 9.17) is 4.74 Å². The van der Waals surface area contributed by atoms with E-state index in [1.54, 1.807) is 13.0 Å². The second-order valence-corrected chi connectivity index (χ2v) is 9.08. The van der Waals surface area contributed by atoms with Gasteiger partial charge in [0.05, 0.1) is 6.61 Å². The van der Waals surface area contributed by atoms with Crippen LogP contribution in [0.4, 0.5) is 23.7 Å². The smallest absolute Gasteiger partial charge is 0.407 e. The molecule has 2 aliphatic carbocycles. The number of guanidine groups is 1. The van der Waals surface area contributed by atoms with Crippen molar-refractivity contribution in [1.82, 2.24) is 10.6 Å². The Morgan fingerprint density at radius 3 is 2.25 bits per heavy atom. The molecular formula is C26H29F3N4O3. The zero-order chi connectivity index (χ0) is 25.7. The highest BCUT2D eigenvalue weighted by molar-refractivity contribution is 6.07. The molecule has 0 spiro atoms. The number of carbonyl (C=O) groups excluding carboxylic acids is 2. The molecule has 7 nitrogen and oxygen atoms in total. The zero-order valence-electron chi connectivity index (χ0n) is 20.0. The van der Waals surface area contributed by atoms with Crippen LogP contribution in [0.25, 0.3) is 0 Å². The Morgan fingerprint density at radius 1 is 0.917 bits per heavy atom. The summed E-state index contributed by atoms with van der Waals surface area (Å²) in [5, 5.41) is 9.21. The summed E-state index contributed by atoms with van der Waals surface area (Å²) in [7, 11) is 0. The predicted octanol–water partition coefficient (Wildman–Crippen LogP) is 5.24. The lowest BCUT2D eigenvalue weighted by Crippen LogP contribution is -2.45. The van der Waals surface area contributed by atoms with Crippen molar-refractivity contribution in [3.63, 3.8) is 0 Å². The van der Waals surface area contributed by atoms with Crippen molar-refractivity contribution in [2.75, 3.05) is 11.9 Å². The molecular weight excluding hydrogens is 473 g/mol. The predicted molar refractivity (Wildman–Crippen MR) is 129 cm³/mol. The van der Waals surface area contributed by atoms with Crippen LogP contribution in [-0.4, -0.2) is 36.7 Å². The zero-order valence-corrected chi connectivity index (χ0v) is 20.0. The van der Waals surface area contributed by atoms with Crippen LogP contribution in [0.2, 0.25) is 0 Å². The van der Waals surface area contributed by atoms with Crippen LogP contribution in [0.1, 0.15) is 67.3 Å². The van der Waals surface area contributed by atoms with Crippen molar-refractivity contribution in [2.45, 2.75) is 63.5 Å². The van der Waals surface area contributed by atoms with Gasteiger partial charge < -0.3 is 20.7 Å². The van der Waals surface area contributed by atoms with Crippen LogP contribution in [0.3, 0.4) is 0 Å². The van der Waals surface area contributed by atoms with Gasteiger partial charge >= 0.3 is 6.09 Å². The number of benzene rings is 2. The van der Waals surface area contributed by atoms with Crippen molar-refractivity contribution >= 4 is 23.6 Å². The summed E-state index contributed by atoms with van der Waals surface area (Å²) < 4.78 is 45.8. The third-order valence-corrected chi connectivity index (χ3v) is 6.33. The van der Waals surface area contributed by atoms with E-state index in [0.29, 0.717) is 38.0 Å². The lowest BCUT2D eigenvalue weighted by Gasteiger charge is -2.30. The lowest BCUT2D eigenvalue weighted by molar-refractivity contribution is 0.100. The van der Waals surface area contributed by atoms with Gasteiger partial charge in [-0.25, -0.2) is 18.0 Å². The maximum Gasteiger partial charge on any atom is 0.407 e. The maximum absolute atomic E-state index is 13.9. The molecule has 2 fully saturated rings. The summed E-state index contributed by atoms with van der Waals surface area (Å²) in [5.74, 6) is -2.92. The van der Waals surface area contributed by atoms with Gasteiger partial charge in [0.2, 0.25) is 5.96 Å². The molecule has 0 heterocycles. The van der Waals surface area contributed by atoms with E-state index in [9.17, 15) is 22.8 Å². The minimum absolute atomic E-state index is 0.0159. The average Bonchev–Trinajstić information content (AvgIpc) is 3.69. The first kappa shape index (κ1) is 25.5. The third kappa shape index (κ3) is 6.77. The standard InChI is InChI=1S/C26H29F3N4O3/c1-2-36-26(35)31-19-9-7-18(8-10-19)30-25(33-24(34)16-5-11-21(28)22(29)13-16)32-23-12-6-17(27)14-20(23)15-3-4-15/h5-6,11-15,18-19H,2-4,7-10H2,1H3,(H,31,35)(H2,30,32,33,34)/t18-,19-. The minimum atomic E-state index is -1.14. The van der Waals surface area contributed by atoms with Crippen LogP contribution < -0.4 is 16.0 Å². The fourth-order valence-electron chi connectivity index (χ4n) is 4.31. The number of ether oxygens (including phenoxy) is 1. The van der Waals surface area contributed by atoms with Crippen molar-refractivity contribution in [2.24, 2.45) is 4.99 Å². The quantitative estimate of drug-likeness (QED) is 0.371. The number of rotatable bonds is 6. The molecule has 2 aromatic carbocycles. The van der Waals surface area contributed by atoms with Gasteiger partial charge in [-0.15, -0.1) is 0 Å². The van der Waals surface area contributed by atoms with E-state index in [1.165, 1.54) is 18.2 Å². The number of nitrogens with zero attached hydrogens (tertiary/aromatic N) is 1. The molecule has 2 amide bonds. The Bertz CT molecular complexity index is 1150. The molecule has 10 heteroatoms. The molecule has 36 heavy (non-hydrogen) atoms. The van der Waals surface area contributed by atoms with Crippen LogP contribution in [-0.2, 0) is 4.74 Å². The van der Waals surface area contributed by atoms with Crippen LogP contribution >= 0.6 is 0 Å². The summed E-state index contributed by atoms with van der Waals surface area (Å²) in [6, 6.07) is 7.18. The Hall–Kier alpha value is -3.56. The Morgan fingerprint density at radius 2 is 1.61 bits per heavy atom. The van der Waals surface area contributed by atoms with E-state index in [1.807, 2.05) is 0 Å². The largest absolute Gasteiger partial charge is 0.450 e. The Labute approximate surface area is 207 Å². The molecule has 0 atom stereocenters. The summed E-state index contributed by atoms with van der Waals surface area (Å²) in [4.78, 5) is 28.6. The van der Waals surface area contributed by atoms with Gasteiger partial charge in [0.15, 0.2) is 11.6 Å². The summed E-state index contributed by atoms with van der Waals surface area (Å²) >= 11 is 0. The van der Waals surface area contributed by atoms with Crippen LogP contribution in [0.15, 0.2) is 41.4 Å². The molecule has 0 aromatic heterocycles. The summed E-state index contributed by atoms with van der Waals surface area (Å²) in [6.45, 7) is 2.04. The number of hydrogen-bond donors (Lipinski definition) is 3. The second-order valence-electron chi connectivity index (χ2n) is 9.08. The van der Waals surface area contributed by atoms with Gasteiger partial charge in [-0.1, -0.05) is 0 Å². The molecule has 2 aliphatic rings. The van der Waals surface area contributed by atoms with E-state index in [0.717, 1.165) is 30.5 Å². The second kappa shape index (κ2) is 11.5. The van der Waals surface area contributed by atoms with Crippen molar-refractivity contribution in [3.8, 4) is 0 Å². The van der Waals surface area contributed by atoms with Gasteiger partial charge in [0.25, 0.3) is 5.91 Å². The van der Waals surface area contributed by atoms with Gasteiger partial charge in [-0.3, -0.25) is 4.79 Å². The number of nitrogens with one attached hydrogen (secondary N) is 3. The number of anilines is 1. The van der Waals surface area contributed by atoms with Crippen LogP contribution in [0.5, 0.6) is 0 Å². The molecule has 0 aliphatic heterocycles. The molecule has 192 valence electrons. The summed E-state index contributed by atoms with van der Waals surface area (Å²) in [6.07, 6.45) is 4.23. The highest BCUT2D eigenvalue weighted by Gasteiger charge is 2.28. The SMILES string of the molecule is CCOC(=O)N[C@H]1CC[C@H](N/C(=N/C(=O)c2ccc(F)c(F)c2)Nc2ccc(F)cc2C2CC2)CC1. The molecule has 0 unspecified atom stereocenters. The molecule has 2 aromatic rings. The van der Waals surface area contributed by atoms with Gasteiger partial charge in [0, 0.05) is 23.3 Å². The van der Waals surface area contributed by atoms with E-state index < -0.39 is 23.6 Å². The number of aliphatic imine (C=N–C) groups is 1. The highest BCUT2D eigenvalue weighted by Crippen LogP contribution is 2.43. The molecule has 4 rings (SSSR count). The summed E-state index contributed by atoms with van der Waals surface area (Å²) in [5.41, 5.74) is 1.33. The van der Waals surface area contributed by atoms with Crippen molar-refractivity contribution in [3.05, 3.63) is 65.0 Å². The molecule has 0 bridgehead atoms. The first-order valence-electron chi connectivity index (χ1n) is 12.2. The monoisotopic (exact) mass is 502 g/mol. The normalized spacial score (nSPS) is 19.9. The van der Waals surface area contributed by atoms with E-state index in [2.05, 4.69) is 20.9 Å². The molecule has 0 saturated heterocycles. The number of amides is 2. The highest BCUT2D eigenvalue weighted by atomic mass is 19.2. The van der Waals surface area contributed by atoms with Crippen LogP contribution in [0, 0.1) is 17.5 Å². The van der Waals surface area contributed by atoms with Crippen molar-refractivity contribution in [1.29, 1.82) is 0 Å². The number of halogens is 3. The average molecular weight is 503 g/mol. The van der Waals surface area contributed by atoms with Gasteiger partial charge in [-0.05, 0) is 93.3 Å². The van der Waals surface area contributed by atoms with Crippen molar-refractivity contribution < 1.29 is 27.5 Å². The number of carbonyl (C=O) groups is 2. The topological polar surface area (TPSA) is 91.8 Å². The lowest BCUT2D eigenvalue weighted by atomic mass is 9.91. The van der Waals surface area contributed by atoms with E-state index in [-0.39, 0.29) is 35.3 Å². The third-order valence-electron chi connectivity index (χ3n) is 6.33. The van der Waals surface area contributed by atoms with Gasteiger partial charge in [-0.2, -0.15) is 4.99 Å². The molecule has 0 radical (unpaired) electrons. The van der Waals surface area contributed by atoms with E-state index >= 15 is 0 Å². The fourth-order valence-corrected chi connectivity index (χ4v) is 4.31. The first-order valence-corrected chi connectivity index (χ1v) is 12.2. The maximum atomic E-state index is 13.9. The van der Waals surface area contributed by atoms with Gasteiger partial charge in [0.1, 0.15) is 5.82 Å². The Kier molecular flexibility index (Phi) is 8.12. The Balaban J connectivity index is 1.50. The fraction of sp³-hybridized carbons (Fsp3) is 0.423.